The molecule has 5 heteroatoms. The van der Waals surface area contributed by atoms with Gasteiger partial charge in [0.1, 0.15) is 5.56 Å². The molecule has 2 atom stereocenters. The quantitative estimate of drug-likeness (QED) is 0.730. The Morgan fingerprint density at radius 2 is 2.00 bits per heavy atom. The smallest absolute Gasteiger partial charge is 0.260 e. The van der Waals surface area contributed by atoms with Gasteiger partial charge in [0.25, 0.3) is 11.5 Å². The molecule has 2 heterocycles. The van der Waals surface area contributed by atoms with Crippen LogP contribution in [-0.4, -0.2) is 41.0 Å². The van der Waals surface area contributed by atoms with E-state index in [1.54, 1.807) is 17.0 Å². The van der Waals surface area contributed by atoms with Crippen LogP contribution in [-0.2, 0) is 0 Å². The first kappa shape index (κ1) is 11.9. The summed E-state index contributed by atoms with van der Waals surface area (Å²) in [7, 11) is 0. The van der Waals surface area contributed by atoms with Gasteiger partial charge in [0.05, 0.1) is 0 Å². The fraction of sp³-hybridized carbons (Fsp3) is 0.500. The highest BCUT2D eigenvalue weighted by molar-refractivity contribution is 5.94. The number of hydrogen-bond acceptors (Lipinski definition) is 3. The number of hydrogen-bond donors (Lipinski definition) is 2. The number of rotatable bonds is 1. The summed E-state index contributed by atoms with van der Waals surface area (Å²) >= 11 is 0. The lowest BCUT2D eigenvalue weighted by Gasteiger charge is -2.39. The van der Waals surface area contributed by atoms with Crippen LogP contribution in [0.4, 0.5) is 0 Å². The van der Waals surface area contributed by atoms with Gasteiger partial charge in [-0.3, -0.25) is 9.59 Å². The van der Waals surface area contributed by atoms with Gasteiger partial charge >= 0.3 is 0 Å². The van der Waals surface area contributed by atoms with Crippen LogP contribution in [0.1, 0.15) is 24.2 Å². The van der Waals surface area contributed by atoms with E-state index < -0.39 is 0 Å². The molecule has 0 saturated carbocycles. The minimum atomic E-state index is -0.324. The monoisotopic (exact) mass is 235 g/mol. The van der Waals surface area contributed by atoms with Crippen LogP contribution < -0.4 is 10.9 Å². The van der Waals surface area contributed by atoms with Gasteiger partial charge in [0, 0.05) is 31.4 Å². The first-order valence-electron chi connectivity index (χ1n) is 5.82. The van der Waals surface area contributed by atoms with Crippen molar-refractivity contribution in [3.05, 3.63) is 34.2 Å². The molecule has 2 N–H and O–H groups in total. The van der Waals surface area contributed by atoms with Gasteiger partial charge in [-0.2, -0.15) is 0 Å². The van der Waals surface area contributed by atoms with Crippen molar-refractivity contribution >= 4 is 5.91 Å². The second-order valence-corrected chi connectivity index (χ2v) is 4.48. The van der Waals surface area contributed by atoms with E-state index in [0.717, 1.165) is 13.1 Å². The highest BCUT2D eigenvalue weighted by Gasteiger charge is 2.30. The van der Waals surface area contributed by atoms with E-state index in [1.807, 2.05) is 13.8 Å². The number of piperazine rings is 1. The van der Waals surface area contributed by atoms with E-state index in [0.29, 0.717) is 0 Å². The Labute approximate surface area is 99.8 Å². The summed E-state index contributed by atoms with van der Waals surface area (Å²) in [5, 5.41) is 3.26. The van der Waals surface area contributed by atoms with E-state index in [4.69, 9.17) is 0 Å². The third-order valence-electron chi connectivity index (χ3n) is 3.11. The summed E-state index contributed by atoms with van der Waals surface area (Å²) in [6.45, 7) is 5.50. The third kappa shape index (κ3) is 2.24. The molecule has 0 radical (unpaired) electrons. The summed E-state index contributed by atoms with van der Waals surface area (Å²) in [5.41, 5.74) is -0.108. The predicted octanol–water partition coefficient (Wildman–Crippen LogP) is 0.197. The Balaban J connectivity index is 2.31. The minimum Gasteiger partial charge on any atom is -0.331 e. The number of nitrogens with one attached hydrogen (secondary N) is 2. The lowest BCUT2D eigenvalue weighted by molar-refractivity contribution is 0.0542. The molecular formula is C12H17N3O2. The minimum absolute atomic E-state index is 0.103. The van der Waals surface area contributed by atoms with Gasteiger partial charge in [-0.25, -0.2) is 0 Å². The van der Waals surface area contributed by atoms with Crippen molar-refractivity contribution in [1.82, 2.24) is 15.2 Å². The Morgan fingerprint density at radius 1 is 1.35 bits per heavy atom. The fourth-order valence-corrected chi connectivity index (χ4v) is 2.26. The van der Waals surface area contributed by atoms with E-state index in [-0.39, 0.29) is 29.1 Å². The largest absolute Gasteiger partial charge is 0.331 e. The van der Waals surface area contributed by atoms with Crippen molar-refractivity contribution in [2.24, 2.45) is 0 Å². The second kappa shape index (κ2) is 4.71. The molecule has 5 nitrogen and oxygen atoms in total. The standard InChI is InChI=1S/C12H17N3O2/c1-8-6-13-7-9(2)15(8)12(17)10-4-3-5-14-11(10)16/h3-5,8-9,13H,6-7H2,1-2H3,(H,14,16). The van der Waals surface area contributed by atoms with Crippen LogP contribution in [0.2, 0.25) is 0 Å². The Morgan fingerprint density at radius 3 is 2.59 bits per heavy atom. The molecule has 0 spiro atoms. The molecule has 1 aliphatic heterocycles. The number of pyridine rings is 1. The van der Waals surface area contributed by atoms with E-state index >= 15 is 0 Å². The Hall–Kier alpha value is -1.62. The molecule has 17 heavy (non-hydrogen) atoms. The zero-order chi connectivity index (χ0) is 12.4. The van der Waals surface area contributed by atoms with Crippen LogP contribution >= 0.6 is 0 Å². The molecule has 1 aromatic heterocycles. The summed E-state index contributed by atoms with van der Waals surface area (Å²) in [4.78, 5) is 28.2. The molecule has 1 aliphatic rings. The summed E-state index contributed by atoms with van der Waals surface area (Å²) < 4.78 is 0. The number of carbonyl (C=O) groups is 1. The molecule has 2 unspecified atom stereocenters. The zero-order valence-corrected chi connectivity index (χ0v) is 10.1. The zero-order valence-electron chi connectivity index (χ0n) is 10.1. The molecule has 1 amide bonds. The van der Waals surface area contributed by atoms with E-state index in [9.17, 15) is 9.59 Å². The van der Waals surface area contributed by atoms with Crippen molar-refractivity contribution in [3.63, 3.8) is 0 Å². The van der Waals surface area contributed by atoms with Crippen molar-refractivity contribution in [3.8, 4) is 0 Å². The highest BCUT2D eigenvalue weighted by atomic mass is 16.2. The van der Waals surface area contributed by atoms with Crippen molar-refractivity contribution in [2.75, 3.05) is 13.1 Å². The topological polar surface area (TPSA) is 65.2 Å². The van der Waals surface area contributed by atoms with E-state index in [2.05, 4.69) is 10.3 Å². The summed E-state index contributed by atoms with van der Waals surface area (Å²) in [6, 6.07) is 3.45. The molecule has 0 aliphatic carbocycles. The van der Waals surface area contributed by atoms with Gasteiger partial charge < -0.3 is 15.2 Å². The third-order valence-corrected chi connectivity index (χ3v) is 3.11. The van der Waals surface area contributed by atoms with Crippen LogP contribution in [0, 0.1) is 0 Å². The second-order valence-electron chi connectivity index (χ2n) is 4.48. The molecule has 0 aromatic carbocycles. The maximum Gasteiger partial charge on any atom is 0.260 e. The first-order chi connectivity index (χ1) is 8.11. The van der Waals surface area contributed by atoms with Gasteiger partial charge in [-0.05, 0) is 26.0 Å². The number of aromatic nitrogens is 1. The van der Waals surface area contributed by atoms with E-state index in [1.165, 1.54) is 6.20 Å². The van der Waals surface area contributed by atoms with Gasteiger partial charge in [0.15, 0.2) is 0 Å². The maximum absolute atomic E-state index is 12.3. The van der Waals surface area contributed by atoms with Crippen molar-refractivity contribution in [2.45, 2.75) is 25.9 Å². The maximum atomic E-state index is 12.3. The highest BCUT2D eigenvalue weighted by Crippen LogP contribution is 2.12. The number of amides is 1. The average molecular weight is 235 g/mol. The summed E-state index contributed by atoms with van der Waals surface area (Å²) in [6.07, 6.45) is 1.53. The summed E-state index contributed by atoms with van der Waals surface area (Å²) in [5.74, 6) is -0.187. The SMILES string of the molecule is CC1CNCC(C)N1C(=O)c1ccc[nH]c1=O. The Kier molecular flexibility index (Phi) is 3.28. The lowest BCUT2D eigenvalue weighted by Crippen LogP contribution is -2.57. The average Bonchev–Trinajstić information content (AvgIpc) is 2.29. The molecule has 2 rings (SSSR count). The van der Waals surface area contributed by atoms with Crippen molar-refractivity contribution < 1.29 is 4.79 Å². The molecule has 92 valence electrons. The van der Waals surface area contributed by atoms with Gasteiger partial charge in [0.2, 0.25) is 0 Å². The molecule has 1 saturated heterocycles. The van der Waals surface area contributed by atoms with Crippen LogP contribution in [0.15, 0.2) is 23.1 Å². The Bertz CT molecular complexity index is 459. The number of aromatic amines is 1. The fourth-order valence-electron chi connectivity index (χ4n) is 2.26. The molecule has 1 fully saturated rings. The molecule has 1 aromatic rings. The first-order valence-corrected chi connectivity index (χ1v) is 5.82. The number of nitrogens with zero attached hydrogens (tertiary/aromatic N) is 1. The van der Waals surface area contributed by atoms with Crippen LogP contribution in [0.3, 0.4) is 0 Å². The predicted molar refractivity (Wildman–Crippen MR) is 65.0 cm³/mol. The van der Waals surface area contributed by atoms with Crippen LogP contribution in [0.5, 0.6) is 0 Å². The molecular weight excluding hydrogens is 218 g/mol. The lowest BCUT2D eigenvalue weighted by atomic mass is 10.1. The van der Waals surface area contributed by atoms with Crippen molar-refractivity contribution in [1.29, 1.82) is 0 Å². The number of carbonyl (C=O) groups excluding carboxylic acids is 1. The van der Waals surface area contributed by atoms with Gasteiger partial charge in [-0.1, -0.05) is 0 Å². The normalized spacial score (nSPS) is 24.7. The molecule has 0 bridgehead atoms. The van der Waals surface area contributed by atoms with Gasteiger partial charge in [-0.15, -0.1) is 0 Å². The van der Waals surface area contributed by atoms with Crippen LogP contribution in [0.25, 0.3) is 0 Å². The number of H-pyrrole nitrogens is 1.